The molecule has 0 aliphatic heterocycles. The van der Waals surface area contributed by atoms with Crippen molar-refractivity contribution >= 4 is 23.5 Å². The number of nitrogens with one attached hydrogen (secondary N) is 2. The zero-order valence-corrected chi connectivity index (χ0v) is 12.0. The molecule has 110 valence electrons. The van der Waals surface area contributed by atoms with E-state index in [2.05, 4.69) is 10.3 Å². The molecule has 1 aromatic rings. The Balaban J connectivity index is 2.75. The summed E-state index contributed by atoms with van der Waals surface area (Å²) in [7, 11) is 0. The van der Waals surface area contributed by atoms with Gasteiger partial charge >= 0.3 is 5.97 Å². The predicted molar refractivity (Wildman–Crippen MR) is 75.3 cm³/mol. The number of hydrogen-bond donors (Lipinski definition) is 2. The van der Waals surface area contributed by atoms with Crippen LogP contribution in [0.3, 0.4) is 0 Å². The first-order valence-electron chi connectivity index (χ1n) is 6.34. The predicted octanol–water partition coefficient (Wildman–Crippen LogP) is 1.30. The van der Waals surface area contributed by atoms with Crippen LogP contribution in [-0.2, 0) is 4.74 Å². The average molecular weight is 301 g/mol. The largest absolute Gasteiger partial charge is 0.462 e. The molecule has 0 spiro atoms. The Morgan fingerprint density at radius 1 is 1.40 bits per heavy atom. The highest BCUT2D eigenvalue weighted by molar-refractivity contribution is 6.18. The van der Waals surface area contributed by atoms with Crippen LogP contribution in [0.2, 0.25) is 0 Å². The first kappa shape index (κ1) is 16.2. The molecule has 0 saturated carbocycles. The van der Waals surface area contributed by atoms with Crippen molar-refractivity contribution in [2.24, 2.45) is 0 Å². The summed E-state index contributed by atoms with van der Waals surface area (Å²) in [4.78, 5) is 37.3. The summed E-state index contributed by atoms with van der Waals surface area (Å²) in [6, 6.07) is 2.64. The van der Waals surface area contributed by atoms with Gasteiger partial charge in [-0.15, -0.1) is 11.6 Å². The second kappa shape index (κ2) is 8.37. The van der Waals surface area contributed by atoms with Gasteiger partial charge in [0.25, 0.3) is 11.5 Å². The molecule has 0 atom stereocenters. The number of unbranched alkanes of at least 4 members (excludes halogenated alkanes) is 1. The molecule has 0 unspecified atom stereocenters. The molecule has 20 heavy (non-hydrogen) atoms. The fraction of sp³-hybridized carbons (Fsp3) is 0.462. The van der Waals surface area contributed by atoms with Crippen molar-refractivity contribution in [3.05, 3.63) is 33.7 Å². The highest BCUT2D eigenvalue weighted by Crippen LogP contribution is 1.99. The molecule has 0 bridgehead atoms. The topological polar surface area (TPSA) is 88.3 Å². The molecular formula is C13H17ClN2O4. The second-order valence-electron chi connectivity index (χ2n) is 4.05. The van der Waals surface area contributed by atoms with Gasteiger partial charge in [-0.25, -0.2) is 4.79 Å². The van der Waals surface area contributed by atoms with Crippen LogP contribution in [0.4, 0.5) is 0 Å². The van der Waals surface area contributed by atoms with Crippen molar-refractivity contribution in [1.29, 1.82) is 0 Å². The van der Waals surface area contributed by atoms with Gasteiger partial charge in [-0.3, -0.25) is 9.59 Å². The van der Waals surface area contributed by atoms with Crippen molar-refractivity contribution in [1.82, 2.24) is 10.3 Å². The van der Waals surface area contributed by atoms with E-state index in [0.717, 1.165) is 12.8 Å². The lowest BCUT2D eigenvalue weighted by Crippen LogP contribution is -2.29. The number of esters is 1. The number of carbonyl (C=O) groups excluding carboxylic acids is 2. The van der Waals surface area contributed by atoms with Gasteiger partial charge in [-0.2, -0.15) is 0 Å². The van der Waals surface area contributed by atoms with E-state index in [1.165, 1.54) is 12.1 Å². The minimum absolute atomic E-state index is 0.0743. The van der Waals surface area contributed by atoms with Crippen LogP contribution in [-0.4, -0.2) is 35.9 Å². The van der Waals surface area contributed by atoms with E-state index in [0.29, 0.717) is 6.54 Å². The molecule has 0 saturated heterocycles. The Kier molecular flexibility index (Phi) is 6.79. The first-order valence-corrected chi connectivity index (χ1v) is 6.88. The fourth-order valence-electron chi connectivity index (χ4n) is 1.41. The SMILES string of the molecule is CCCCOC(=O)c1ccc(C(=O)NCCCl)[nH]c1=O. The Morgan fingerprint density at radius 3 is 2.75 bits per heavy atom. The third-order valence-electron chi connectivity index (χ3n) is 2.49. The van der Waals surface area contributed by atoms with Crippen LogP contribution in [0, 0.1) is 0 Å². The smallest absolute Gasteiger partial charge is 0.343 e. The summed E-state index contributed by atoms with van der Waals surface area (Å²) < 4.78 is 4.94. The van der Waals surface area contributed by atoms with Crippen LogP contribution in [0.1, 0.15) is 40.6 Å². The zero-order chi connectivity index (χ0) is 15.0. The number of aromatic nitrogens is 1. The summed E-state index contributed by atoms with van der Waals surface area (Å²) >= 11 is 5.44. The minimum Gasteiger partial charge on any atom is -0.462 e. The fourth-order valence-corrected chi connectivity index (χ4v) is 1.50. The van der Waals surface area contributed by atoms with Crippen LogP contribution < -0.4 is 10.9 Å². The Bertz CT molecular complexity index is 527. The van der Waals surface area contributed by atoms with E-state index in [1.54, 1.807) is 0 Å². The van der Waals surface area contributed by atoms with Crippen molar-refractivity contribution < 1.29 is 14.3 Å². The molecule has 7 heteroatoms. The second-order valence-corrected chi connectivity index (χ2v) is 4.43. The standard InChI is InChI=1S/C13H17ClN2O4/c1-2-3-8-20-13(19)9-4-5-10(16-11(9)17)12(18)15-7-6-14/h4-5H,2-3,6-8H2,1H3,(H,15,18)(H,16,17). The maximum Gasteiger partial charge on any atom is 0.343 e. The summed E-state index contributed by atoms with van der Waals surface area (Å²) in [5, 5.41) is 2.51. The Morgan fingerprint density at radius 2 is 2.15 bits per heavy atom. The van der Waals surface area contributed by atoms with E-state index in [9.17, 15) is 14.4 Å². The van der Waals surface area contributed by atoms with Crippen LogP contribution in [0.5, 0.6) is 0 Å². The van der Waals surface area contributed by atoms with E-state index in [4.69, 9.17) is 16.3 Å². The molecule has 0 aliphatic rings. The number of alkyl halides is 1. The van der Waals surface area contributed by atoms with Gasteiger partial charge in [0.05, 0.1) is 6.61 Å². The highest BCUT2D eigenvalue weighted by atomic mass is 35.5. The molecule has 1 amide bonds. The maximum atomic E-state index is 11.7. The van der Waals surface area contributed by atoms with E-state index in [1.807, 2.05) is 6.92 Å². The molecule has 0 radical (unpaired) electrons. The lowest BCUT2D eigenvalue weighted by Gasteiger charge is -2.05. The first-order chi connectivity index (χ1) is 9.60. The van der Waals surface area contributed by atoms with Gasteiger partial charge in [0.15, 0.2) is 0 Å². The number of H-pyrrole nitrogens is 1. The summed E-state index contributed by atoms with van der Waals surface area (Å²) in [6.45, 7) is 2.53. The molecule has 0 fully saturated rings. The van der Waals surface area contributed by atoms with E-state index < -0.39 is 17.4 Å². The number of rotatable bonds is 7. The number of amides is 1. The molecule has 2 N–H and O–H groups in total. The Labute approximate surface area is 121 Å². The quantitative estimate of drug-likeness (QED) is 0.451. The molecule has 1 heterocycles. The zero-order valence-electron chi connectivity index (χ0n) is 11.2. The highest BCUT2D eigenvalue weighted by Gasteiger charge is 2.14. The molecule has 1 rings (SSSR count). The minimum atomic E-state index is -0.688. The monoisotopic (exact) mass is 300 g/mol. The average Bonchev–Trinajstić information content (AvgIpc) is 2.44. The van der Waals surface area contributed by atoms with Gasteiger partial charge in [-0.1, -0.05) is 13.3 Å². The number of carbonyl (C=O) groups is 2. The third kappa shape index (κ3) is 4.70. The molecular weight excluding hydrogens is 284 g/mol. The van der Waals surface area contributed by atoms with Crippen molar-refractivity contribution in [2.45, 2.75) is 19.8 Å². The van der Waals surface area contributed by atoms with Gasteiger partial charge in [0.2, 0.25) is 0 Å². The number of halogens is 1. The van der Waals surface area contributed by atoms with Gasteiger partial charge in [0.1, 0.15) is 11.3 Å². The third-order valence-corrected chi connectivity index (χ3v) is 2.67. The van der Waals surface area contributed by atoms with Crippen molar-refractivity contribution in [3.8, 4) is 0 Å². The van der Waals surface area contributed by atoms with Crippen LogP contribution in [0.15, 0.2) is 16.9 Å². The molecule has 0 aromatic carbocycles. The summed E-state index contributed by atoms with van der Waals surface area (Å²) in [6.07, 6.45) is 1.63. The molecule has 0 aliphatic carbocycles. The van der Waals surface area contributed by atoms with Crippen molar-refractivity contribution in [3.63, 3.8) is 0 Å². The van der Waals surface area contributed by atoms with Crippen LogP contribution >= 0.6 is 11.6 Å². The number of ether oxygens (including phenoxy) is 1. The lowest BCUT2D eigenvalue weighted by atomic mass is 10.2. The van der Waals surface area contributed by atoms with Gasteiger partial charge in [0, 0.05) is 12.4 Å². The van der Waals surface area contributed by atoms with Gasteiger partial charge in [-0.05, 0) is 18.6 Å². The van der Waals surface area contributed by atoms with E-state index >= 15 is 0 Å². The number of aromatic amines is 1. The molecule has 6 nitrogen and oxygen atoms in total. The van der Waals surface area contributed by atoms with Crippen molar-refractivity contribution in [2.75, 3.05) is 19.0 Å². The Hall–Kier alpha value is -1.82. The van der Waals surface area contributed by atoms with Crippen LogP contribution in [0.25, 0.3) is 0 Å². The normalized spacial score (nSPS) is 10.1. The maximum absolute atomic E-state index is 11.7. The summed E-state index contributed by atoms with van der Waals surface area (Å²) in [5.74, 6) is -0.862. The number of hydrogen-bond acceptors (Lipinski definition) is 4. The van der Waals surface area contributed by atoms with E-state index in [-0.39, 0.29) is 23.7 Å². The number of pyridine rings is 1. The molecule has 1 aromatic heterocycles. The summed E-state index contributed by atoms with van der Waals surface area (Å²) in [5.41, 5.74) is -0.690. The van der Waals surface area contributed by atoms with Gasteiger partial charge < -0.3 is 15.0 Å². The lowest BCUT2D eigenvalue weighted by molar-refractivity contribution is 0.0497.